The zero-order valence-corrected chi connectivity index (χ0v) is 62.1. The fourth-order valence-electron chi connectivity index (χ4n) is 14.6. The zero-order chi connectivity index (χ0) is 75.1. The Balaban J connectivity index is 0.000000168. The van der Waals surface area contributed by atoms with Crippen LogP contribution in [0.25, 0.3) is 33.1 Å². The Labute approximate surface area is 604 Å². The van der Waals surface area contributed by atoms with Gasteiger partial charge in [-0.15, -0.1) is 0 Å². The van der Waals surface area contributed by atoms with E-state index >= 15 is 0 Å². The van der Waals surface area contributed by atoms with Gasteiger partial charge in [-0.05, 0) is 194 Å². The number of aryl methyl sites for hydroxylation is 5. The van der Waals surface area contributed by atoms with Crippen molar-refractivity contribution in [2.45, 2.75) is 231 Å². The van der Waals surface area contributed by atoms with Crippen LogP contribution in [0.4, 0.5) is 9.59 Å². The summed E-state index contributed by atoms with van der Waals surface area (Å²) >= 11 is 0. The zero-order valence-electron chi connectivity index (χ0n) is 62.1. The highest BCUT2D eigenvalue weighted by Crippen LogP contribution is 2.31. The van der Waals surface area contributed by atoms with E-state index < -0.39 is 47.0 Å². The van der Waals surface area contributed by atoms with Crippen LogP contribution in [0.3, 0.4) is 0 Å². The van der Waals surface area contributed by atoms with Gasteiger partial charge in [0.05, 0.1) is 69.2 Å². The number of likely N-dealkylation sites (tertiary alicyclic amines) is 2. The summed E-state index contributed by atoms with van der Waals surface area (Å²) in [6.45, 7) is 21.5. The average Bonchev–Trinajstić information content (AvgIpc) is 1.62. The molecule has 3 unspecified atom stereocenters. The highest BCUT2D eigenvalue weighted by Gasteiger charge is 2.36. The summed E-state index contributed by atoms with van der Waals surface area (Å²) in [6, 6.07) is 14.9. The van der Waals surface area contributed by atoms with Crippen molar-refractivity contribution in [3.63, 3.8) is 0 Å². The SMILES string of the molecule is C[C@@H](C#Cc1cccc2c1n(C)c(=O)n2C1CCC(=O)NC1=O)OC1CCN(C(=O)OC(C)(C)C)CC1.C[C@@H](CCc1cccc2c1n(C)c(=O)n2C1CCC(=O)NC1=O)OC1CCN(C(=O)OC(C)(C)C)CC1.C[C@@H](CCc1cccc2c1n(C)c(=O)n2C1CCC(=O)NC1=O)OC1CCNCC1. The minimum Gasteiger partial charge on any atom is -0.444 e. The van der Waals surface area contributed by atoms with Crippen LogP contribution >= 0.6 is 0 Å². The van der Waals surface area contributed by atoms with E-state index in [0.717, 1.165) is 85.7 Å². The first-order chi connectivity index (χ1) is 49.3. The molecular weight excluding hydrogens is 1340 g/mol. The molecule has 8 amide bonds. The number of hydrogen-bond donors (Lipinski definition) is 4. The van der Waals surface area contributed by atoms with E-state index in [1.807, 2.05) is 97.9 Å². The van der Waals surface area contributed by atoms with Gasteiger partial charge in [0.2, 0.25) is 35.4 Å². The van der Waals surface area contributed by atoms with Gasteiger partial charge in [0.15, 0.2) is 0 Å². The van der Waals surface area contributed by atoms with Gasteiger partial charge in [-0.2, -0.15) is 0 Å². The van der Waals surface area contributed by atoms with Crippen LogP contribution in [0.5, 0.6) is 0 Å². The molecule has 6 saturated heterocycles. The van der Waals surface area contributed by atoms with E-state index in [4.69, 9.17) is 23.7 Å². The Morgan fingerprint density at radius 2 is 0.817 bits per heavy atom. The van der Waals surface area contributed by atoms with E-state index in [9.17, 15) is 52.7 Å². The van der Waals surface area contributed by atoms with Crippen LogP contribution in [0.2, 0.25) is 0 Å². The number of amides is 8. The molecule has 3 aromatic heterocycles. The maximum absolute atomic E-state index is 13.1. The first kappa shape index (κ1) is 77.4. The summed E-state index contributed by atoms with van der Waals surface area (Å²) in [7, 11) is 5.11. The summed E-state index contributed by atoms with van der Waals surface area (Å²) < 4.78 is 38.7. The molecule has 104 heavy (non-hydrogen) atoms. The molecule has 6 aromatic rings. The number of fused-ring (bicyclic) bond motifs is 3. The number of carbonyl (C=O) groups is 8. The van der Waals surface area contributed by atoms with Gasteiger partial charge < -0.3 is 38.8 Å². The number of nitrogens with one attached hydrogen (secondary N) is 4. The first-order valence-electron chi connectivity index (χ1n) is 36.6. The van der Waals surface area contributed by atoms with Crippen LogP contribution in [-0.2, 0) is 86.4 Å². The molecule has 0 radical (unpaired) electrons. The molecule has 28 heteroatoms. The second-order valence-corrected chi connectivity index (χ2v) is 30.1. The lowest BCUT2D eigenvalue weighted by Gasteiger charge is -2.34. The van der Waals surface area contributed by atoms with E-state index in [2.05, 4.69) is 40.0 Å². The Bertz CT molecular complexity index is 4450. The second kappa shape index (κ2) is 33.3. The quantitative estimate of drug-likeness (QED) is 0.0598. The monoisotopic (exact) mass is 1440 g/mol. The molecule has 3 aromatic carbocycles. The molecule has 0 spiro atoms. The summed E-state index contributed by atoms with van der Waals surface area (Å²) in [6.07, 6.45) is 9.30. The predicted molar refractivity (Wildman–Crippen MR) is 389 cm³/mol. The molecule has 562 valence electrons. The molecule has 12 rings (SSSR count). The molecule has 6 aliphatic heterocycles. The molecule has 4 N–H and O–H groups in total. The number of aromatic nitrogens is 6. The molecule has 9 heterocycles. The standard InChI is InChI=1S/C27H38N4O6.C27H34N4O6.C22H30N4O4/c2*1-17(36-19-13-15-30(16-14-19)26(35)37-27(2,3)4)9-10-18-7-6-8-20-23(18)29(5)25(34)31(20)21-11-12-22(32)28-24(21)33;1-14(30-16-10-12-23-13-11-16)6-7-15-4-3-5-17-20(15)25(2)22(29)26(17)18-8-9-19(27)24-21(18)28/h6-8,17,19,21H,9-16H2,1-5H3,(H,28,32,33);6-8,17,19,21H,11-16H2,1-5H3,(H,28,32,33);3-5,14,16,18,23H,6-13H2,1-2H3,(H,24,27,28)/t2*17-,21?;14-,18?/m000/s1. The third kappa shape index (κ3) is 18.7. The third-order valence-electron chi connectivity index (χ3n) is 19.8. The van der Waals surface area contributed by atoms with Crippen molar-refractivity contribution in [3.8, 4) is 11.8 Å². The predicted octanol–water partition coefficient (Wildman–Crippen LogP) is 6.94. The van der Waals surface area contributed by atoms with Gasteiger partial charge in [0, 0.05) is 66.6 Å². The number of hydrogen-bond acceptors (Lipinski definition) is 17. The van der Waals surface area contributed by atoms with Crippen LogP contribution in [0.15, 0.2) is 69.0 Å². The summed E-state index contributed by atoms with van der Waals surface area (Å²) in [5.41, 5.74) is 5.18. The fraction of sp³-hybridized carbons (Fsp3) is 0.592. The number of benzene rings is 3. The molecule has 6 aliphatic rings. The highest BCUT2D eigenvalue weighted by atomic mass is 16.6. The Morgan fingerprint density at radius 1 is 0.471 bits per heavy atom. The largest absolute Gasteiger partial charge is 0.444 e. The summed E-state index contributed by atoms with van der Waals surface area (Å²) in [4.78, 5) is 139. The maximum atomic E-state index is 13.1. The normalized spacial score (nSPS) is 20.5. The van der Waals surface area contributed by atoms with Crippen molar-refractivity contribution in [2.75, 3.05) is 39.3 Å². The molecule has 0 aliphatic carbocycles. The second-order valence-electron chi connectivity index (χ2n) is 30.1. The van der Waals surface area contributed by atoms with Gasteiger partial charge in [0.25, 0.3) is 0 Å². The number of carbonyl (C=O) groups excluding carboxylic acids is 8. The van der Waals surface area contributed by atoms with E-state index in [-0.39, 0.29) is 103 Å². The van der Waals surface area contributed by atoms with Gasteiger partial charge >= 0.3 is 29.3 Å². The van der Waals surface area contributed by atoms with Crippen molar-refractivity contribution in [1.82, 2.24) is 58.5 Å². The van der Waals surface area contributed by atoms with E-state index in [1.165, 1.54) is 18.3 Å². The number of piperidine rings is 6. The molecule has 28 nitrogen and oxygen atoms in total. The highest BCUT2D eigenvalue weighted by molar-refractivity contribution is 6.02. The van der Waals surface area contributed by atoms with Crippen LogP contribution in [0.1, 0.15) is 187 Å². The van der Waals surface area contributed by atoms with Gasteiger partial charge in [-0.3, -0.25) is 72.1 Å². The lowest BCUT2D eigenvalue weighted by Crippen LogP contribution is -2.44. The topological polar surface area (TPSA) is 318 Å². The number of imide groups is 3. The molecule has 0 saturated carbocycles. The van der Waals surface area contributed by atoms with E-state index in [1.54, 1.807) is 52.2 Å². The summed E-state index contributed by atoms with van der Waals surface area (Å²) in [5.74, 6) is 4.04. The smallest absolute Gasteiger partial charge is 0.410 e. The maximum Gasteiger partial charge on any atom is 0.410 e. The molecular formula is C76H102N12O16. The van der Waals surface area contributed by atoms with Gasteiger partial charge in [-0.25, -0.2) is 24.0 Å². The minimum absolute atomic E-state index is 0.00239. The van der Waals surface area contributed by atoms with Gasteiger partial charge in [-0.1, -0.05) is 42.2 Å². The Morgan fingerprint density at radius 3 is 1.19 bits per heavy atom. The number of para-hydroxylation sites is 3. The number of imidazole rings is 3. The van der Waals surface area contributed by atoms with E-state index in [0.29, 0.717) is 86.5 Å². The van der Waals surface area contributed by atoms with Gasteiger partial charge in [0.1, 0.15) is 35.4 Å². The van der Waals surface area contributed by atoms with Crippen molar-refractivity contribution < 1.29 is 62.0 Å². The Kier molecular flexibility index (Phi) is 24.8. The van der Waals surface area contributed by atoms with Crippen LogP contribution in [0, 0.1) is 11.8 Å². The first-order valence-corrected chi connectivity index (χ1v) is 36.6. The van der Waals surface area contributed by atoms with Crippen molar-refractivity contribution >= 4 is 80.7 Å². The van der Waals surface area contributed by atoms with Crippen molar-refractivity contribution in [3.05, 3.63) is 103 Å². The fourth-order valence-corrected chi connectivity index (χ4v) is 14.6. The molecule has 6 atom stereocenters. The minimum atomic E-state index is -0.745. The molecule has 0 bridgehead atoms. The number of nitrogens with zero attached hydrogens (tertiary/aromatic N) is 8. The van der Waals surface area contributed by atoms with Crippen molar-refractivity contribution in [1.29, 1.82) is 0 Å². The summed E-state index contributed by atoms with van der Waals surface area (Å²) in [5, 5.41) is 10.4. The van der Waals surface area contributed by atoms with Crippen LogP contribution < -0.4 is 38.3 Å². The number of rotatable bonds is 15. The van der Waals surface area contributed by atoms with Crippen molar-refractivity contribution in [2.24, 2.45) is 21.1 Å². The third-order valence-corrected chi connectivity index (χ3v) is 19.8. The lowest BCUT2D eigenvalue weighted by molar-refractivity contribution is -0.137. The Hall–Kier alpha value is -9.17. The average molecular weight is 1440 g/mol. The van der Waals surface area contributed by atoms with Crippen LogP contribution in [-0.4, -0.2) is 172 Å². The molecule has 6 fully saturated rings. The number of ether oxygens (including phenoxy) is 5. The lowest BCUT2D eigenvalue weighted by atomic mass is 10.0.